The summed E-state index contributed by atoms with van der Waals surface area (Å²) in [5, 5.41) is 5.67. The van der Waals surface area contributed by atoms with Gasteiger partial charge in [0.2, 0.25) is 0 Å². The number of piperazine rings is 1. The number of nitrogens with two attached hydrogens (primary N) is 1. The van der Waals surface area contributed by atoms with E-state index in [1.165, 1.54) is 7.11 Å². The highest BCUT2D eigenvalue weighted by atomic mass is 16.6. The first kappa shape index (κ1) is 26.2. The van der Waals surface area contributed by atoms with Gasteiger partial charge in [-0.2, -0.15) is 5.10 Å². The Morgan fingerprint density at radius 3 is 2.42 bits per heavy atom. The van der Waals surface area contributed by atoms with E-state index in [-0.39, 0.29) is 12.1 Å². The van der Waals surface area contributed by atoms with Gasteiger partial charge in [0.05, 0.1) is 36.9 Å². The van der Waals surface area contributed by atoms with Crippen molar-refractivity contribution in [2.75, 3.05) is 46.2 Å². The molecule has 1 saturated heterocycles. The summed E-state index contributed by atoms with van der Waals surface area (Å²) in [6.45, 7) is 8.40. The normalized spacial score (nSPS) is 23.6. The molecule has 36 heavy (non-hydrogen) atoms. The average molecular weight is 502 g/mol. The maximum atomic E-state index is 12.7. The number of fused-ring (bicyclic) bond motifs is 1. The molecule has 0 bridgehead atoms. The Kier molecular flexibility index (Phi) is 7.75. The van der Waals surface area contributed by atoms with Gasteiger partial charge in [-0.15, -0.1) is 0 Å². The number of benzene rings is 1. The van der Waals surface area contributed by atoms with E-state index in [1.54, 1.807) is 19.2 Å². The van der Waals surface area contributed by atoms with E-state index in [9.17, 15) is 9.59 Å². The van der Waals surface area contributed by atoms with E-state index in [1.807, 2.05) is 36.5 Å². The monoisotopic (exact) mass is 501 g/mol. The number of ether oxygens (including phenoxy) is 3. The highest BCUT2D eigenvalue weighted by Gasteiger charge is 2.37. The highest BCUT2D eigenvalue weighted by Crippen LogP contribution is 2.33. The molecule has 1 saturated carbocycles. The Labute approximate surface area is 212 Å². The van der Waals surface area contributed by atoms with Crippen molar-refractivity contribution >= 4 is 28.7 Å². The van der Waals surface area contributed by atoms with Crippen LogP contribution in [0.2, 0.25) is 0 Å². The molecule has 10 nitrogen and oxygen atoms in total. The SMILES string of the molecule is COC[C@H]1CN(C2CCC(n3cc4cc(N)c(C(=O)OC)cc4n3)CC2)CCN1C(=O)OC(C)(C)C. The van der Waals surface area contributed by atoms with E-state index >= 15 is 0 Å². The molecule has 1 aliphatic heterocycles. The van der Waals surface area contributed by atoms with Gasteiger partial charge in [-0.05, 0) is 58.6 Å². The van der Waals surface area contributed by atoms with Crippen molar-refractivity contribution in [3.63, 3.8) is 0 Å². The molecule has 4 rings (SSSR count). The van der Waals surface area contributed by atoms with Crippen molar-refractivity contribution < 1.29 is 23.8 Å². The predicted octanol–water partition coefficient (Wildman–Crippen LogP) is 3.46. The summed E-state index contributed by atoms with van der Waals surface area (Å²) in [5.41, 5.74) is 7.02. The summed E-state index contributed by atoms with van der Waals surface area (Å²) in [6, 6.07) is 4.24. The molecule has 1 aliphatic carbocycles. The molecule has 2 fully saturated rings. The maximum absolute atomic E-state index is 12.7. The molecular formula is C26H39N5O5. The molecule has 198 valence electrons. The third kappa shape index (κ3) is 5.75. The van der Waals surface area contributed by atoms with E-state index in [0.29, 0.717) is 36.5 Å². The zero-order valence-corrected chi connectivity index (χ0v) is 22.0. The number of esters is 1. The Morgan fingerprint density at radius 2 is 1.78 bits per heavy atom. The molecule has 1 amide bonds. The third-order valence-electron chi connectivity index (χ3n) is 7.16. The van der Waals surface area contributed by atoms with Crippen LogP contribution in [0.15, 0.2) is 18.3 Å². The molecule has 1 atom stereocenters. The minimum Gasteiger partial charge on any atom is -0.465 e. The van der Waals surface area contributed by atoms with E-state index in [0.717, 1.165) is 49.7 Å². The molecule has 1 aromatic heterocycles. The summed E-state index contributed by atoms with van der Waals surface area (Å²) in [4.78, 5) is 29.0. The molecule has 10 heteroatoms. The zero-order chi connectivity index (χ0) is 26.0. The number of amides is 1. The van der Waals surface area contributed by atoms with Crippen LogP contribution in [0.1, 0.15) is 62.9 Å². The molecule has 0 unspecified atom stereocenters. The van der Waals surface area contributed by atoms with Gasteiger partial charge >= 0.3 is 12.1 Å². The van der Waals surface area contributed by atoms with Crippen molar-refractivity contribution in [1.29, 1.82) is 0 Å². The van der Waals surface area contributed by atoms with Gasteiger partial charge < -0.3 is 24.8 Å². The topological polar surface area (TPSA) is 112 Å². The molecule has 2 heterocycles. The number of aromatic nitrogens is 2. The van der Waals surface area contributed by atoms with Crippen molar-refractivity contribution in [3.05, 3.63) is 23.9 Å². The first-order valence-corrected chi connectivity index (χ1v) is 12.7. The second-order valence-corrected chi connectivity index (χ2v) is 10.8. The average Bonchev–Trinajstić information content (AvgIpc) is 3.25. The van der Waals surface area contributed by atoms with E-state index in [4.69, 9.17) is 25.0 Å². The molecule has 2 aromatic rings. The van der Waals surface area contributed by atoms with Crippen LogP contribution in [0.3, 0.4) is 0 Å². The number of nitrogens with zero attached hydrogens (tertiary/aromatic N) is 4. The quantitative estimate of drug-likeness (QED) is 0.490. The number of methoxy groups -OCH3 is 2. The van der Waals surface area contributed by atoms with Crippen molar-refractivity contribution in [2.45, 2.75) is 70.2 Å². The van der Waals surface area contributed by atoms with Crippen LogP contribution in [0.5, 0.6) is 0 Å². The van der Waals surface area contributed by atoms with Gasteiger partial charge in [-0.25, -0.2) is 9.59 Å². The lowest BCUT2D eigenvalue weighted by atomic mass is 9.89. The number of anilines is 1. The Morgan fingerprint density at radius 1 is 1.08 bits per heavy atom. The van der Waals surface area contributed by atoms with E-state index in [2.05, 4.69) is 4.90 Å². The number of hydrogen-bond donors (Lipinski definition) is 1. The summed E-state index contributed by atoms with van der Waals surface area (Å²) >= 11 is 0. The van der Waals surface area contributed by atoms with Gasteiger partial charge in [-0.1, -0.05) is 0 Å². The maximum Gasteiger partial charge on any atom is 0.410 e. The van der Waals surface area contributed by atoms with Crippen LogP contribution < -0.4 is 5.73 Å². The van der Waals surface area contributed by atoms with Crippen molar-refractivity contribution in [2.24, 2.45) is 0 Å². The van der Waals surface area contributed by atoms with Crippen LogP contribution >= 0.6 is 0 Å². The smallest absolute Gasteiger partial charge is 0.410 e. The second-order valence-electron chi connectivity index (χ2n) is 10.8. The molecule has 1 aromatic carbocycles. The number of nitrogen functional groups attached to an aromatic ring is 1. The van der Waals surface area contributed by atoms with Crippen LogP contribution in [-0.2, 0) is 14.2 Å². The lowest BCUT2D eigenvalue weighted by Crippen LogP contribution is -2.59. The fraction of sp³-hybridized carbons (Fsp3) is 0.654. The van der Waals surface area contributed by atoms with Gasteiger partial charge in [0.25, 0.3) is 0 Å². The molecular weight excluding hydrogens is 462 g/mol. The predicted molar refractivity (Wildman–Crippen MR) is 137 cm³/mol. The fourth-order valence-electron chi connectivity index (χ4n) is 5.38. The van der Waals surface area contributed by atoms with Crippen LogP contribution in [0, 0.1) is 0 Å². The minimum atomic E-state index is -0.520. The van der Waals surface area contributed by atoms with Gasteiger partial charge in [0, 0.05) is 50.1 Å². The number of carbonyl (C=O) groups excluding carboxylic acids is 2. The summed E-state index contributed by atoms with van der Waals surface area (Å²) in [7, 11) is 3.02. The largest absolute Gasteiger partial charge is 0.465 e. The van der Waals surface area contributed by atoms with Crippen LogP contribution in [-0.4, -0.2) is 89.8 Å². The Hall–Kier alpha value is -2.85. The second kappa shape index (κ2) is 10.6. The van der Waals surface area contributed by atoms with Crippen LogP contribution in [0.4, 0.5) is 10.5 Å². The lowest BCUT2D eigenvalue weighted by molar-refractivity contribution is -0.0270. The molecule has 2 aliphatic rings. The number of rotatable bonds is 5. The number of hydrogen-bond acceptors (Lipinski definition) is 8. The Bertz CT molecular complexity index is 1090. The number of carbonyl (C=O) groups is 2. The van der Waals surface area contributed by atoms with Gasteiger partial charge in [0.15, 0.2) is 0 Å². The van der Waals surface area contributed by atoms with Gasteiger partial charge in [-0.3, -0.25) is 9.58 Å². The molecule has 0 radical (unpaired) electrons. The first-order valence-electron chi connectivity index (χ1n) is 12.7. The summed E-state index contributed by atoms with van der Waals surface area (Å²) in [5.74, 6) is -0.456. The summed E-state index contributed by atoms with van der Waals surface area (Å²) in [6.07, 6.45) is 5.89. The van der Waals surface area contributed by atoms with Crippen molar-refractivity contribution in [3.8, 4) is 0 Å². The minimum absolute atomic E-state index is 0.0257. The van der Waals surface area contributed by atoms with Crippen molar-refractivity contribution in [1.82, 2.24) is 19.6 Å². The highest BCUT2D eigenvalue weighted by molar-refractivity contribution is 6.00. The van der Waals surface area contributed by atoms with E-state index < -0.39 is 11.6 Å². The molecule has 2 N–H and O–H groups in total. The third-order valence-corrected chi connectivity index (χ3v) is 7.16. The molecule has 0 spiro atoms. The Balaban J connectivity index is 1.38. The standard InChI is InChI=1S/C26H39N5O5/c1-26(2,3)36-25(33)30-11-10-29(15-20(30)16-34-4)18-6-8-19(9-7-18)31-14-17-12-22(27)21(24(32)35-5)13-23(17)28-31/h12-14,18-20H,6-11,15-16,27H2,1-5H3/t18?,19?,20-/m1/s1. The fourth-order valence-corrected chi connectivity index (χ4v) is 5.38. The van der Waals surface area contributed by atoms with Gasteiger partial charge in [0.1, 0.15) is 5.60 Å². The first-order chi connectivity index (χ1) is 17.1. The zero-order valence-electron chi connectivity index (χ0n) is 22.0. The summed E-state index contributed by atoms with van der Waals surface area (Å²) < 4.78 is 17.9. The lowest BCUT2D eigenvalue weighted by Gasteiger charge is -2.45. The van der Waals surface area contributed by atoms with Crippen LogP contribution in [0.25, 0.3) is 10.9 Å².